The minimum absolute atomic E-state index is 0.448. The van der Waals surface area contributed by atoms with Crippen LogP contribution in [0.4, 0.5) is 0 Å². The molecule has 0 saturated heterocycles. The van der Waals surface area contributed by atoms with Crippen molar-refractivity contribution in [3.05, 3.63) is 33.9 Å². The van der Waals surface area contributed by atoms with Crippen molar-refractivity contribution in [3.8, 4) is 0 Å². The first kappa shape index (κ1) is 20.8. The Labute approximate surface area is 150 Å². The maximum absolute atomic E-state index is 10.8. The molecule has 0 amide bonds. The summed E-state index contributed by atoms with van der Waals surface area (Å²) in [6, 6.07) is 1.85. The van der Waals surface area contributed by atoms with E-state index in [1.54, 1.807) is 0 Å². The molecule has 0 heterocycles. The third-order valence-corrected chi connectivity index (χ3v) is 4.02. The van der Waals surface area contributed by atoms with E-state index in [4.69, 9.17) is 0 Å². The zero-order chi connectivity index (χ0) is 19.5. The van der Waals surface area contributed by atoms with Gasteiger partial charge in [-0.15, -0.1) is 0 Å². The van der Waals surface area contributed by atoms with Crippen molar-refractivity contribution in [1.29, 1.82) is 0 Å². The van der Waals surface area contributed by atoms with Crippen molar-refractivity contribution in [2.45, 2.75) is 52.4 Å². The molecule has 134 valence electrons. The van der Waals surface area contributed by atoms with Crippen LogP contribution in [0.15, 0.2) is 26.0 Å². The van der Waals surface area contributed by atoms with Gasteiger partial charge in [-0.25, -0.2) is 19.2 Å². The zero-order valence-corrected chi connectivity index (χ0v) is 14.8. The second kappa shape index (κ2) is 10.6. The summed E-state index contributed by atoms with van der Waals surface area (Å²) in [4.78, 5) is 57.5. The van der Waals surface area contributed by atoms with Gasteiger partial charge in [-0.3, -0.25) is 0 Å². The van der Waals surface area contributed by atoms with Crippen molar-refractivity contribution in [3.63, 3.8) is 0 Å². The first-order valence-electron chi connectivity index (χ1n) is 8.08. The van der Waals surface area contributed by atoms with E-state index in [0.717, 1.165) is 11.1 Å². The van der Waals surface area contributed by atoms with Gasteiger partial charge in [0.05, 0.1) is 0 Å². The maximum atomic E-state index is 10.8. The second-order valence-corrected chi connectivity index (χ2v) is 5.19. The van der Waals surface area contributed by atoms with Gasteiger partial charge in [0.15, 0.2) is 12.3 Å². The van der Waals surface area contributed by atoms with Crippen molar-refractivity contribution in [2.75, 3.05) is 0 Å². The Kier molecular flexibility index (Phi) is 8.45. The van der Waals surface area contributed by atoms with Crippen LogP contribution in [-0.2, 0) is 38.4 Å². The van der Waals surface area contributed by atoms with E-state index in [1.807, 2.05) is 26.8 Å². The van der Waals surface area contributed by atoms with Gasteiger partial charge < -0.3 is 0 Å². The Morgan fingerprint density at radius 2 is 1.04 bits per heavy atom. The highest BCUT2D eigenvalue weighted by atomic mass is 16.1. The van der Waals surface area contributed by atoms with E-state index in [9.17, 15) is 19.2 Å². The summed E-state index contributed by atoms with van der Waals surface area (Å²) in [5.74, 6) is 0. The molecule has 8 heteroatoms. The van der Waals surface area contributed by atoms with Crippen LogP contribution in [0.1, 0.15) is 60.9 Å². The summed E-state index contributed by atoms with van der Waals surface area (Å²) in [6.07, 6.45) is 5.06. The molecule has 0 atom stereocenters. The number of isocyanates is 4. The number of hydrogen-bond donors (Lipinski definition) is 0. The second-order valence-electron chi connectivity index (χ2n) is 5.19. The highest BCUT2D eigenvalue weighted by Crippen LogP contribution is 2.36. The molecule has 0 radical (unpaired) electrons. The first-order valence-corrected chi connectivity index (χ1v) is 8.08. The van der Waals surface area contributed by atoms with E-state index >= 15 is 0 Å². The summed E-state index contributed by atoms with van der Waals surface area (Å²) in [5, 5.41) is 0. The van der Waals surface area contributed by atoms with Crippen molar-refractivity contribution in [1.82, 2.24) is 0 Å². The first-order chi connectivity index (χ1) is 12.6. The van der Waals surface area contributed by atoms with Gasteiger partial charge in [-0.1, -0.05) is 26.8 Å². The van der Waals surface area contributed by atoms with Crippen LogP contribution in [0.2, 0.25) is 0 Å². The van der Waals surface area contributed by atoms with Gasteiger partial charge in [0.2, 0.25) is 24.3 Å². The largest absolute Gasteiger partial charge is 0.237 e. The van der Waals surface area contributed by atoms with Crippen LogP contribution in [-0.4, -0.2) is 24.3 Å². The quantitative estimate of drug-likeness (QED) is 0.500. The van der Waals surface area contributed by atoms with Gasteiger partial charge in [0.1, 0.15) is 0 Å². The Hall–Kier alpha value is -3.26. The molecule has 8 nitrogen and oxygen atoms in total. The molecule has 1 rings (SSSR count). The number of aliphatic imine (C=N–C) groups is 4. The summed E-state index contributed by atoms with van der Waals surface area (Å²) < 4.78 is 0. The molecule has 0 aliphatic heterocycles. The fourth-order valence-corrected chi connectivity index (χ4v) is 3.02. The Bertz CT molecular complexity index is 752. The van der Waals surface area contributed by atoms with Gasteiger partial charge in [0.25, 0.3) is 0 Å². The summed E-state index contributed by atoms with van der Waals surface area (Å²) in [7, 11) is 0. The number of hydrogen-bond acceptors (Lipinski definition) is 8. The Morgan fingerprint density at radius 3 is 1.27 bits per heavy atom. The van der Waals surface area contributed by atoms with Gasteiger partial charge >= 0.3 is 0 Å². The third kappa shape index (κ3) is 4.42. The van der Waals surface area contributed by atoms with E-state index in [0.29, 0.717) is 36.0 Å². The minimum Gasteiger partial charge on any atom is -0.211 e. The average Bonchev–Trinajstić information content (AvgIpc) is 2.65. The molecule has 26 heavy (non-hydrogen) atoms. The van der Waals surface area contributed by atoms with Gasteiger partial charge in [-0.2, -0.15) is 20.0 Å². The molecule has 0 aliphatic carbocycles. The molecule has 1 aromatic carbocycles. The summed E-state index contributed by atoms with van der Waals surface area (Å²) >= 11 is 0. The van der Waals surface area contributed by atoms with Crippen LogP contribution in [0.3, 0.4) is 0 Å². The van der Waals surface area contributed by atoms with Crippen molar-refractivity contribution < 1.29 is 19.2 Å². The molecule has 0 aromatic heterocycles. The Morgan fingerprint density at radius 1 is 0.692 bits per heavy atom. The smallest absolute Gasteiger partial charge is 0.211 e. The number of benzene rings is 1. The fourth-order valence-electron chi connectivity index (χ4n) is 3.02. The van der Waals surface area contributed by atoms with Crippen LogP contribution >= 0.6 is 0 Å². The van der Waals surface area contributed by atoms with Crippen LogP contribution in [0.5, 0.6) is 0 Å². The highest BCUT2D eigenvalue weighted by molar-refractivity contribution is 5.53. The molecule has 1 aromatic rings. The fraction of sp³-hybridized carbons (Fsp3) is 0.444. The summed E-state index contributed by atoms with van der Waals surface area (Å²) in [6.45, 7) is 5.67. The van der Waals surface area contributed by atoms with Crippen LogP contribution < -0.4 is 0 Å². The summed E-state index contributed by atoms with van der Waals surface area (Å²) in [5.41, 5.74) is 3.37. The molecule has 0 unspecified atom stereocenters. The highest BCUT2D eigenvalue weighted by Gasteiger charge is 2.26. The van der Waals surface area contributed by atoms with E-state index < -0.39 is 12.3 Å². The van der Waals surface area contributed by atoms with Crippen molar-refractivity contribution in [2.24, 2.45) is 20.0 Å². The predicted octanol–water partition coefficient (Wildman–Crippen LogP) is 2.71. The lowest BCUT2D eigenvalue weighted by Crippen LogP contribution is -2.12. The van der Waals surface area contributed by atoms with E-state index in [-0.39, 0.29) is 0 Å². The molecular formula is C18H18N4O4. The molecule has 0 spiro atoms. The molecule has 0 fully saturated rings. The van der Waals surface area contributed by atoms with E-state index in [1.165, 1.54) is 24.3 Å². The van der Waals surface area contributed by atoms with Gasteiger partial charge in [-0.05, 0) is 36.0 Å². The standard InChI is InChI=1S/C18H18N4O4/c1-4-12-7-13(5-2)16(18(21-10-25)22-11-26)14(6-3)15(12)17(19-8-23)20-9-24/h7,17-18H,4-6H2,1-3H3. The maximum Gasteiger partial charge on any atom is 0.237 e. The molecule has 0 bridgehead atoms. The molecule has 0 aliphatic rings. The van der Waals surface area contributed by atoms with Crippen molar-refractivity contribution >= 4 is 24.3 Å². The topological polar surface area (TPSA) is 118 Å². The van der Waals surface area contributed by atoms with E-state index in [2.05, 4.69) is 20.0 Å². The number of nitrogens with zero attached hydrogens (tertiary/aromatic N) is 4. The van der Waals surface area contributed by atoms with Gasteiger partial charge in [0, 0.05) is 11.1 Å². The Balaban J connectivity index is 4.03. The number of carbonyl (C=O) groups excluding carboxylic acids is 4. The normalized spacial score (nSPS) is 11.8. The number of aryl methyl sites for hydroxylation is 2. The molecule has 0 saturated carbocycles. The third-order valence-electron chi connectivity index (χ3n) is 4.02. The van der Waals surface area contributed by atoms with Crippen LogP contribution in [0.25, 0.3) is 0 Å². The zero-order valence-electron chi connectivity index (χ0n) is 14.8. The SMILES string of the molecule is CCc1cc(CC)c(C(N=C=O)N=C=O)c(CC)c1C(N=C=O)N=C=O. The molecule has 0 N–H and O–H groups in total. The monoisotopic (exact) mass is 354 g/mol. The lowest BCUT2D eigenvalue weighted by Gasteiger charge is -2.23. The van der Waals surface area contributed by atoms with Crippen LogP contribution in [0, 0.1) is 0 Å². The predicted molar refractivity (Wildman–Crippen MR) is 92.5 cm³/mol. The molecular weight excluding hydrogens is 336 g/mol. The lowest BCUT2D eigenvalue weighted by atomic mass is 9.85. The minimum atomic E-state index is -1.11. The number of rotatable bonds is 9. The lowest BCUT2D eigenvalue weighted by molar-refractivity contribution is 0.550. The average molecular weight is 354 g/mol.